The molecule has 1 fully saturated rings. The minimum atomic E-state index is -0.152. The summed E-state index contributed by atoms with van der Waals surface area (Å²) in [4.78, 5) is 8.98. The van der Waals surface area contributed by atoms with Crippen molar-refractivity contribution in [3.63, 3.8) is 0 Å². The minimum absolute atomic E-state index is 0.152. The predicted octanol–water partition coefficient (Wildman–Crippen LogP) is 1.83. The molecule has 3 N–H and O–H groups in total. The van der Waals surface area contributed by atoms with Crippen LogP contribution in [-0.2, 0) is 0 Å². The molecular weight excluding hydrogens is 280 g/mol. The summed E-state index contributed by atoms with van der Waals surface area (Å²) in [6.07, 6.45) is 12.6. The number of hydrogen-bond donors (Lipinski definition) is 3. The third-order valence-electron chi connectivity index (χ3n) is 4.26. The monoisotopic (exact) mass is 298 g/mol. The van der Waals surface area contributed by atoms with Gasteiger partial charge in [0.25, 0.3) is 0 Å². The number of hydrogen-bond acceptors (Lipinski definition) is 5. The summed E-state index contributed by atoms with van der Waals surface area (Å²) >= 11 is 0. The molecule has 3 aromatic heterocycles. The lowest BCUT2D eigenvalue weighted by Crippen LogP contribution is -2.28. The second-order valence-electron chi connectivity index (χ2n) is 5.75. The molecule has 1 aliphatic rings. The van der Waals surface area contributed by atoms with Gasteiger partial charge in [-0.2, -0.15) is 5.10 Å². The van der Waals surface area contributed by atoms with E-state index in [0.717, 1.165) is 48.4 Å². The summed E-state index contributed by atoms with van der Waals surface area (Å²) in [5.74, 6) is 0.790. The Morgan fingerprint density at radius 3 is 2.82 bits per heavy atom. The first-order chi connectivity index (χ1) is 10.8. The average Bonchev–Trinajstić information content (AvgIpc) is 3.20. The summed E-state index contributed by atoms with van der Waals surface area (Å²) in [7, 11) is 0. The van der Waals surface area contributed by atoms with E-state index in [1.54, 1.807) is 12.4 Å². The lowest BCUT2D eigenvalue weighted by atomic mass is 9.93. The van der Waals surface area contributed by atoms with Crippen molar-refractivity contribution in [2.75, 3.05) is 5.32 Å². The maximum absolute atomic E-state index is 9.61. The highest BCUT2D eigenvalue weighted by Gasteiger charge is 2.21. The van der Waals surface area contributed by atoms with Crippen LogP contribution >= 0.6 is 0 Å². The molecule has 0 unspecified atom stereocenters. The van der Waals surface area contributed by atoms with E-state index < -0.39 is 0 Å². The SMILES string of the molecule is OC1CCC(Nc2ncc(-c3cn[nH]c3)n3ccnc23)CC1. The molecule has 0 atom stereocenters. The molecule has 0 aromatic carbocycles. The summed E-state index contributed by atoms with van der Waals surface area (Å²) in [5, 5.41) is 19.9. The zero-order chi connectivity index (χ0) is 14.9. The summed E-state index contributed by atoms with van der Waals surface area (Å²) in [6, 6.07) is 0.344. The zero-order valence-corrected chi connectivity index (χ0v) is 12.1. The average molecular weight is 298 g/mol. The highest BCUT2D eigenvalue weighted by Crippen LogP contribution is 2.25. The fourth-order valence-electron chi connectivity index (χ4n) is 3.04. The van der Waals surface area contributed by atoms with Gasteiger partial charge in [0.05, 0.1) is 24.2 Å². The Morgan fingerprint density at radius 2 is 2.05 bits per heavy atom. The molecule has 114 valence electrons. The molecule has 0 aliphatic heterocycles. The summed E-state index contributed by atoms with van der Waals surface area (Å²) in [6.45, 7) is 0. The number of aliphatic hydroxyl groups excluding tert-OH is 1. The van der Waals surface area contributed by atoms with Gasteiger partial charge in [0, 0.05) is 30.2 Å². The predicted molar refractivity (Wildman–Crippen MR) is 82.5 cm³/mol. The van der Waals surface area contributed by atoms with Crippen LogP contribution in [0.2, 0.25) is 0 Å². The van der Waals surface area contributed by atoms with Gasteiger partial charge in [-0.1, -0.05) is 0 Å². The molecule has 1 aliphatic carbocycles. The number of fused-ring (bicyclic) bond motifs is 1. The Balaban J connectivity index is 1.65. The second kappa shape index (κ2) is 5.42. The number of aromatic amines is 1. The van der Waals surface area contributed by atoms with E-state index >= 15 is 0 Å². The van der Waals surface area contributed by atoms with Gasteiger partial charge in [0.2, 0.25) is 0 Å². The molecule has 7 heteroatoms. The van der Waals surface area contributed by atoms with Gasteiger partial charge in [-0.15, -0.1) is 0 Å². The highest BCUT2D eigenvalue weighted by molar-refractivity contribution is 5.69. The van der Waals surface area contributed by atoms with E-state index in [0.29, 0.717) is 6.04 Å². The molecule has 0 saturated heterocycles. The zero-order valence-electron chi connectivity index (χ0n) is 12.1. The van der Waals surface area contributed by atoms with Crippen molar-refractivity contribution in [3.8, 4) is 11.3 Å². The fourth-order valence-corrected chi connectivity index (χ4v) is 3.04. The maximum Gasteiger partial charge on any atom is 0.180 e. The molecule has 4 rings (SSSR count). The number of nitrogens with zero attached hydrogens (tertiary/aromatic N) is 4. The second-order valence-corrected chi connectivity index (χ2v) is 5.75. The first-order valence-electron chi connectivity index (χ1n) is 7.57. The van der Waals surface area contributed by atoms with Crippen LogP contribution in [0.25, 0.3) is 16.9 Å². The molecular formula is C15H18N6O. The molecule has 0 bridgehead atoms. The van der Waals surface area contributed by atoms with Gasteiger partial charge in [-0.05, 0) is 25.7 Å². The lowest BCUT2D eigenvalue weighted by Gasteiger charge is -2.26. The minimum Gasteiger partial charge on any atom is -0.393 e. The summed E-state index contributed by atoms with van der Waals surface area (Å²) < 4.78 is 2.01. The van der Waals surface area contributed by atoms with Crippen LogP contribution < -0.4 is 5.32 Å². The fraction of sp³-hybridized carbons (Fsp3) is 0.400. The number of H-pyrrole nitrogens is 1. The Kier molecular flexibility index (Phi) is 3.27. The number of anilines is 1. The number of aromatic nitrogens is 5. The van der Waals surface area contributed by atoms with Crippen LogP contribution in [0.4, 0.5) is 5.82 Å². The van der Waals surface area contributed by atoms with E-state index in [1.165, 1.54) is 0 Å². The van der Waals surface area contributed by atoms with Gasteiger partial charge in [-0.3, -0.25) is 9.50 Å². The molecule has 0 spiro atoms. The molecule has 0 amide bonds. The van der Waals surface area contributed by atoms with Crippen molar-refractivity contribution in [1.29, 1.82) is 0 Å². The molecule has 3 aromatic rings. The first kappa shape index (κ1) is 13.3. The quantitative estimate of drug-likeness (QED) is 0.686. The van der Waals surface area contributed by atoms with Crippen molar-refractivity contribution in [2.45, 2.75) is 37.8 Å². The standard InChI is InChI=1S/C15H18N6O/c22-12-3-1-11(2-4-12)20-14-15-16-5-6-21(15)13(9-17-14)10-7-18-19-8-10/h5-9,11-12,22H,1-4H2,(H,17,20)(H,18,19). The Hall–Kier alpha value is -2.41. The van der Waals surface area contributed by atoms with E-state index in [-0.39, 0.29) is 6.10 Å². The third kappa shape index (κ3) is 2.33. The molecule has 7 nitrogen and oxygen atoms in total. The van der Waals surface area contributed by atoms with Crippen LogP contribution in [0.1, 0.15) is 25.7 Å². The molecule has 22 heavy (non-hydrogen) atoms. The topological polar surface area (TPSA) is 91.1 Å². The van der Waals surface area contributed by atoms with E-state index in [4.69, 9.17) is 0 Å². The van der Waals surface area contributed by atoms with E-state index in [1.807, 2.05) is 23.0 Å². The maximum atomic E-state index is 9.61. The van der Waals surface area contributed by atoms with Crippen LogP contribution in [0, 0.1) is 0 Å². The number of nitrogens with one attached hydrogen (secondary N) is 2. The molecule has 0 radical (unpaired) electrons. The lowest BCUT2D eigenvalue weighted by molar-refractivity contribution is 0.126. The van der Waals surface area contributed by atoms with Crippen molar-refractivity contribution < 1.29 is 5.11 Å². The van der Waals surface area contributed by atoms with Gasteiger partial charge in [-0.25, -0.2) is 9.97 Å². The van der Waals surface area contributed by atoms with Crippen LogP contribution in [0.5, 0.6) is 0 Å². The Morgan fingerprint density at radius 1 is 1.18 bits per heavy atom. The number of rotatable bonds is 3. The van der Waals surface area contributed by atoms with Crippen LogP contribution in [0.15, 0.2) is 31.0 Å². The van der Waals surface area contributed by atoms with Crippen molar-refractivity contribution >= 4 is 11.5 Å². The van der Waals surface area contributed by atoms with Gasteiger partial charge in [0.1, 0.15) is 0 Å². The van der Waals surface area contributed by atoms with Gasteiger partial charge < -0.3 is 10.4 Å². The number of imidazole rings is 1. The van der Waals surface area contributed by atoms with Crippen molar-refractivity contribution in [1.82, 2.24) is 24.6 Å². The first-order valence-corrected chi connectivity index (χ1v) is 7.57. The van der Waals surface area contributed by atoms with Gasteiger partial charge in [0.15, 0.2) is 11.5 Å². The largest absolute Gasteiger partial charge is 0.393 e. The van der Waals surface area contributed by atoms with E-state index in [2.05, 4.69) is 25.5 Å². The summed E-state index contributed by atoms with van der Waals surface area (Å²) in [5.41, 5.74) is 2.73. The Labute approximate surface area is 127 Å². The third-order valence-corrected chi connectivity index (χ3v) is 4.26. The molecule has 3 heterocycles. The Bertz CT molecular complexity index is 758. The normalized spacial score (nSPS) is 22.0. The molecule has 1 saturated carbocycles. The van der Waals surface area contributed by atoms with E-state index in [9.17, 15) is 5.11 Å². The van der Waals surface area contributed by atoms with Crippen molar-refractivity contribution in [2.24, 2.45) is 0 Å². The smallest absolute Gasteiger partial charge is 0.180 e. The van der Waals surface area contributed by atoms with Crippen LogP contribution in [-0.4, -0.2) is 41.8 Å². The highest BCUT2D eigenvalue weighted by atomic mass is 16.3. The van der Waals surface area contributed by atoms with Crippen molar-refractivity contribution in [3.05, 3.63) is 31.0 Å². The van der Waals surface area contributed by atoms with Crippen LogP contribution in [0.3, 0.4) is 0 Å². The number of aliphatic hydroxyl groups is 1. The van der Waals surface area contributed by atoms with Gasteiger partial charge >= 0.3 is 0 Å².